The number of carbonyl (C=O) groups is 2. The molecule has 166 valence electrons. The maximum Gasteiger partial charge on any atom is 0.282 e. The van der Waals surface area contributed by atoms with Crippen molar-refractivity contribution in [2.45, 2.75) is 52.0 Å². The predicted octanol–water partition coefficient (Wildman–Crippen LogP) is 3.65. The number of carbonyl (C=O) groups excluding carboxylic acids is 2. The number of ketones is 1. The van der Waals surface area contributed by atoms with Crippen LogP contribution >= 0.6 is 0 Å². The molecule has 0 atom stereocenters. The summed E-state index contributed by atoms with van der Waals surface area (Å²) in [6.07, 6.45) is -0.827. The highest BCUT2D eigenvalue weighted by Gasteiger charge is 2.39. The number of fused-ring (bicyclic) bond motifs is 1. The number of nitrogens with zero attached hydrogens (tertiary/aromatic N) is 2. The first kappa shape index (κ1) is 21.4. The lowest BCUT2D eigenvalue weighted by atomic mass is 9.75. The molecule has 9 heteroatoms. The minimum absolute atomic E-state index is 0.00387. The van der Waals surface area contributed by atoms with Crippen molar-refractivity contribution in [2.24, 2.45) is 11.1 Å². The quantitative estimate of drug-likeness (QED) is 0.751. The fraction of sp³-hybridized carbons (Fsp3) is 0.500. The van der Waals surface area contributed by atoms with Gasteiger partial charge in [-0.25, -0.2) is 13.5 Å². The summed E-state index contributed by atoms with van der Waals surface area (Å²) in [7, 11) is 0. The van der Waals surface area contributed by atoms with E-state index in [0.29, 0.717) is 36.7 Å². The Hall–Kier alpha value is -2.81. The van der Waals surface area contributed by atoms with Crippen LogP contribution in [-0.2, 0) is 11.2 Å². The third-order valence-electron chi connectivity index (χ3n) is 5.88. The van der Waals surface area contributed by atoms with E-state index >= 15 is 0 Å². The molecular formula is C22H26F2N4O3. The molecule has 1 aliphatic heterocycles. The second-order valence-electron chi connectivity index (χ2n) is 8.96. The number of nitrogens with one attached hydrogen (secondary N) is 1. The van der Waals surface area contributed by atoms with Gasteiger partial charge in [0.2, 0.25) is 0 Å². The van der Waals surface area contributed by atoms with Crippen LogP contribution in [0.5, 0.6) is 0 Å². The molecule has 1 amide bonds. The number of halogens is 2. The molecule has 7 nitrogen and oxygen atoms in total. The second kappa shape index (κ2) is 8.03. The summed E-state index contributed by atoms with van der Waals surface area (Å²) in [4.78, 5) is 24.9. The van der Waals surface area contributed by atoms with E-state index in [1.165, 1.54) is 4.68 Å². The number of para-hydroxylation sites is 1. The standard InChI is InChI=1S/C22H26F2N4O3/c1-22(2)10-15-17(16(29)11-22)19(20(23)24)27-28(15)14-5-3-4-13(21(25)30)18(14)26-12-6-8-31-9-7-12/h3-5,12,20,26H,6-11H2,1-2H3,(H2,25,30). The smallest absolute Gasteiger partial charge is 0.282 e. The fourth-order valence-corrected chi connectivity index (χ4v) is 4.45. The molecule has 1 saturated heterocycles. The van der Waals surface area contributed by atoms with E-state index in [-0.39, 0.29) is 29.4 Å². The Balaban J connectivity index is 1.90. The van der Waals surface area contributed by atoms with Gasteiger partial charge >= 0.3 is 0 Å². The number of Topliss-reactive ketones (excluding diaryl/α,β-unsaturated/α-hetero) is 1. The van der Waals surface area contributed by atoms with Crippen LogP contribution in [0.15, 0.2) is 18.2 Å². The number of amides is 1. The number of aromatic nitrogens is 2. The molecule has 2 aromatic rings. The van der Waals surface area contributed by atoms with Crippen molar-refractivity contribution in [2.75, 3.05) is 18.5 Å². The van der Waals surface area contributed by atoms with E-state index < -0.39 is 23.4 Å². The highest BCUT2D eigenvalue weighted by molar-refractivity contribution is 6.02. The van der Waals surface area contributed by atoms with Gasteiger partial charge < -0.3 is 15.8 Å². The third-order valence-corrected chi connectivity index (χ3v) is 5.88. The lowest BCUT2D eigenvalue weighted by Crippen LogP contribution is -2.31. The summed E-state index contributed by atoms with van der Waals surface area (Å²) in [6.45, 7) is 5.02. The van der Waals surface area contributed by atoms with E-state index in [2.05, 4.69) is 10.4 Å². The van der Waals surface area contributed by atoms with Crippen molar-refractivity contribution in [3.63, 3.8) is 0 Å². The van der Waals surface area contributed by atoms with Crippen LogP contribution in [0, 0.1) is 5.41 Å². The molecular weight excluding hydrogens is 406 g/mol. The zero-order valence-electron chi connectivity index (χ0n) is 17.6. The highest BCUT2D eigenvalue weighted by Crippen LogP contribution is 2.40. The van der Waals surface area contributed by atoms with E-state index in [1.807, 2.05) is 13.8 Å². The molecule has 1 aromatic carbocycles. The van der Waals surface area contributed by atoms with Crippen LogP contribution < -0.4 is 11.1 Å². The van der Waals surface area contributed by atoms with Gasteiger partial charge in [0.1, 0.15) is 5.69 Å². The van der Waals surface area contributed by atoms with Crippen LogP contribution in [0.1, 0.15) is 71.6 Å². The van der Waals surface area contributed by atoms with Crippen molar-refractivity contribution in [1.29, 1.82) is 0 Å². The van der Waals surface area contributed by atoms with Crippen molar-refractivity contribution < 1.29 is 23.1 Å². The molecule has 0 unspecified atom stereocenters. The number of primary amides is 1. The van der Waals surface area contributed by atoms with Gasteiger partial charge in [0.05, 0.1) is 28.2 Å². The summed E-state index contributed by atoms with van der Waals surface area (Å²) < 4.78 is 34.4. The molecule has 2 heterocycles. The van der Waals surface area contributed by atoms with Gasteiger partial charge in [-0.15, -0.1) is 0 Å². The first-order valence-electron chi connectivity index (χ1n) is 10.4. The SMILES string of the molecule is CC1(C)CC(=O)c2c(C(F)F)nn(-c3cccc(C(N)=O)c3NC3CCOCC3)c2C1. The average Bonchev–Trinajstić information content (AvgIpc) is 3.07. The Morgan fingerprint density at radius 3 is 2.65 bits per heavy atom. The van der Waals surface area contributed by atoms with Crippen LogP contribution in [0.2, 0.25) is 0 Å². The molecule has 1 fully saturated rings. The number of alkyl halides is 2. The van der Waals surface area contributed by atoms with Gasteiger partial charge in [0.15, 0.2) is 5.78 Å². The summed E-state index contributed by atoms with van der Waals surface area (Å²) in [5.74, 6) is -0.972. The number of nitrogens with two attached hydrogens (primary N) is 1. The lowest BCUT2D eigenvalue weighted by Gasteiger charge is -2.30. The summed E-state index contributed by atoms with van der Waals surface area (Å²) in [6, 6.07) is 4.96. The zero-order valence-corrected chi connectivity index (χ0v) is 17.6. The van der Waals surface area contributed by atoms with Gasteiger partial charge in [-0.3, -0.25) is 9.59 Å². The van der Waals surface area contributed by atoms with Crippen LogP contribution in [0.25, 0.3) is 5.69 Å². The lowest BCUT2D eigenvalue weighted by molar-refractivity contribution is 0.0894. The minimum Gasteiger partial charge on any atom is -0.381 e. The van der Waals surface area contributed by atoms with E-state index in [0.717, 1.165) is 12.8 Å². The molecule has 2 aliphatic rings. The maximum absolute atomic E-state index is 13.8. The Bertz CT molecular complexity index is 1030. The van der Waals surface area contributed by atoms with Crippen LogP contribution in [-0.4, -0.2) is 40.7 Å². The zero-order chi connectivity index (χ0) is 22.3. The van der Waals surface area contributed by atoms with Gasteiger partial charge in [0, 0.05) is 25.7 Å². The molecule has 0 saturated carbocycles. The Morgan fingerprint density at radius 1 is 1.29 bits per heavy atom. The van der Waals surface area contributed by atoms with E-state index in [4.69, 9.17) is 10.5 Å². The predicted molar refractivity (Wildman–Crippen MR) is 111 cm³/mol. The van der Waals surface area contributed by atoms with E-state index in [9.17, 15) is 18.4 Å². The number of rotatable bonds is 5. The molecule has 0 radical (unpaired) electrons. The van der Waals surface area contributed by atoms with Gasteiger partial charge in [-0.1, -0.05) is 19.9 Å². The van der Waals surface area contributed by atoms with Crippen molar-refractivity contribution in [3.05, 3.63) is 40.7 Å². The van der Waals surface area contributed by atoms with Gasteiger partial charge in [0.25, 0.3) is 12.3 Å². The normalized spacial score (nSPS) is 18.8. The number of anilines is 1. The number of ether oxygens (including phenoxy) is 1. The van der Waals surface area contributed by atoms with Gasteiger partial charge in [-0.2, -0.15) is 5.10 Å². The molecule has 4 rings (SSSR count). The Kier molecular flexibility index (Phi) is 5.55. The third kappa shape index (κ3) is 4.06. The number of hydrogen-bond donors (Lipinski definition) is 2. The monoisotopic (exact) mass is 432 g/mol. The van der Waals surface area contributed by atoms with Crippen LogP contribution in [0.3, 0.4) is 0 Å². The molecule has 1 aromatic heterocycles. The molecule has 31 heavy (non-hydrogen) atoms. The Labute approximate surface area is 178 Å². The average molecular weight is 432 g/mol. The molecule has 0 spiro atoms. The number of hydrogen-bond acceptors (Lipinski definition) is 5. The first-order chi connectivity index (χ1) is 14.7. The van der Waals surface area contributed by atoms with E-state index in [1.54, 1.807) is 18.2 Å². The van der Waals surface area contributed by atoms with Crippen molar-refractivity contribution in [3.8, 4) is 5.69 Å². The molecule has 0 bridgehead atoms. The van der Waals surface area contributed by atoms with Gasteiger partial charge in [-0.05, 0) is 36.8 Å². The van der Waals surface area contributed by atoms with Crippen LogP contribution in [0.4, 0.5) is 14.5 Å². The Morgan fingerprint density at radius 2 is 2.00 bits per heavy atom. The summed E-state index contributed by atoms with van der Waals surface area (Å²) >= 11 is 0. The topological polar surface area (TPSA) is 99.2 Å². The summed E-state index contributed by atoms with van der Waals surface area (Å²) in [5.41, 5.74) is 6.25. The maximum atomic E-state index is 13.8. The molecule has 1 aliphatic carbocycles. The highest BCUT2D eigenvalue weighted by atomic mass is 19.3. The first-order valence-corrected chi connectivity index (χ1v) is 10.4. The van der Waals surface area contributed by atoms with Crippen molar-refractivity contribution in [1.82, 2.24) is 9.78 Å². The van der Waals surface area contributed by atoms with Crippen molar-refractivity contribution >= 4 is 17.4 Å². The second-order valence-corrected chi connectivity index (χ2v) is 8.96. The summed E-state index contributed by atoms with van der Waals surface area (Å²) in [5, 5.41) is 7.52. The number of benzene rings is 1. The molecule has 3 N–H and O–H groups in total. The fourth-order valence-electron chi connectivity index (χ4n) is 4.45. The minimum atomic E-state index is -2.88. The largest absolute Gasteiger partial charge is 0.381 e.